The third-order valence-electron chi connectivity index (χ3n) is 4.18. The Hall–Kier alpha value is -2.58. The Labute approximate surface area is 145 Å². The van der Waals surface area contributed by atoms with Crippen molar-refractivity contribution in [2.75, 3.05) is 19.7 Å². The van der Waals surface area contributed by atoms with E-state index in [0.717, 1.165) is 18.7 Å². The van der Waals surface area contributed by atoms with Crippen LogP contribution in [0.4, 0.5) is 0 Å². The highest BCUT2D eigenvalue weighted by Crippen LogP contribution is 2.19. The highest BCUT2D eigenvalue weighted by molar-refractivity contribution is 5.53. The van der Waals surface area contributed by atoms with Crippen LogP contribution in [0, 0.1) is 6.92 Å². The van der Waals surface area contributed by atoms with Crippen LogP contribution >= 0.6 is 0 Å². The molecule has 2 aromatic heterocycles. The molecule has 0 radical (unpaired) electrons. The third-order valence-corrected chi connectivity index (χ3v) is 4.18. The average molecular weight is 340 g/mol. The van der Waals surface area contributed by atoms with Crippen molar-refractivity contribution >= 4 is 0 Å². The van der Waals surface area contributed by atoms with E-state index in [1.54, 1.807) is 11.0 Å². The molecule has 130 valence electrons. The third kappa shape index (κ3) is 3.92. The summed E-state index contributed by atoms with van der Waals surface area (Å²) in [6.07, 6.45) is 3.32. The van der Waals surface area contributed by atoms with E-state index >= 15 is 0 Å². The van der Waals surface area contributed by atoms with Crippen molar-refractivity contribution < 1.29 is 9.26 Å². The van der Waals surface area contributed by atoms with Gasteiger partial charge in [-0.2, -0.15) is 10.1 Å². The fourth-order valence-corrected chi connectivity index (χ4v) is 2.98. The molecular formula is C17H20N6O2. The van der Waals surface area contributed by atoms with Crippen LogP contribution in [0.25, 0.3) is 11.5 Å². The lowest BCUT2D eigenvalue weighted by Crippen LogP contribution is -2.43. The van der Waals surface area contributed by atoms with E-state index in [1.807, 2.05) is 31.2 Å². The van der Waals surface area contributed by atoms with Crippen LogP contribution in [0.5, 0.6) is 0 Å². The molecule has 1 aromatic carbocycles. The van der Waals surface area contributed by atoms with Crippen LogP contribution in [-0.4, -0.2) is 55.6 Å². The summed E-state index contributed by atoms with van der Waals surface area (Å²) in [4.78, 5) is 10.8. The lowest BCUT2D eigenvalue weighted by atomic mass is 10.1. The van der Waals surface area contributed by atoms with Crippen molar-refractivity contribution in [1.82, 2.24) is 29.8 Å². The van der Waals surface area contributed by atoms with Crippen LogP contribution in [0.1, 0.15) is 11.4 Å². The first-order valence-electron chi connectivity index (χ1n) is 8.32. The van der Waals surface area contributed by atoms with Gasteiger partial charge in [-0.15, -0.1) is 0 Å². The molecule has 3 aromatic rings. The lowest BCUT2D eigenvalue weighted by molar-refractivity contribution is -0.0411. The summed E-state index contributed by atoms with van der Waals surface area (Å²) in [5, 5.41) is 8.25. The van der Waals surface area contributed by atoms with Gasteiger partial charge in [0.1, 0.15) is 12.7 Å². The Morgan fingerprint density at radius 3 is 3.12 bits per heavy atom. The zero-order chi connectivity index (χ0) is 17.1. The number of morpholine rings is 1. The first-order valence-corrected chi connectivity index (χ1v) is 8.32. The standard InChI is InChI=1S/C17H20N6O2/c1-13-3-2-4-14(7-13)17-20-16(21-25-17)10-22-5-6-24-15(8-22)9-23-12-18-11-19-23/h2-4,7,11-12,15H,5-6,8-10H2,1H3/t15-/m0/s1. The molecule has 1 aliphatic rings. The van der Waals surface area contributed by atoms with Gasteiger partial charge in [-0.25, -0.2) is 4.98 Å². The molecule has 25 heavy (non-hydrogen) atoms. The van der Waals surface area contributed by atoms with Gasteiger partial charge in [-0.05, 0) is 19.1 Å². The van der Waals surface area contributed by atoms with Crippen LogP contribution in [0.2, 0.25) is 0 Å². The molecule has 1 atom stereocenters. The van der Waals surface area contributed by atoms with Crippen molar-refractivity contribution in [3.05, 3.63) is 48.3 Å². The summed E-state index contributed by atoms with van der Waals surface area (Å²) in [5.41, 5.74) is 2.12. The molecule has 0 spiro atoms. The van der Waals surface area contributed by atoms with Crippen molar-refractivity contribution in [2.45, 2.75) is 26.1 Å². The maximum atomic E-state index is 5.81. The van der Waals surface area contributed by atoms with Crippen molar-refractivity contribution in [1.29, 1.82) is 0 Å². The van der Waals surface area contributed by atoms with Gasteiger partial charge in [0.2, 0.25) is 0 Å². The topological polar surface area (TPSA) is 82.1 Å². The molecule has 0 aliphatic carbocycles. The van der Waals surface area contributed by atoms with Crippen molar-refractivity contribution in [3.8, 4) is 11.5 Å². The highest BCUT2D eigenvalue weighted by Gasteiger charge is 2.22. The van der Waals surface area contributed by atoms with Crippen LogP contribution in [-0.2, 0) is 17.8 Å². The molecule has 8 heteroatoms. The van der Waals surface area contributed by atoms with Gasteiger partial charge in [0, 0.05) is 18.7 Å². The minimum Gasteiger partial charge on any atom is -0.374 e. The fraction of sp³-hybridized carbons (Fsp3) is 0.412. The summed E-state index contributed by atoms with van der Waals surface area (Å²) in [6.45, 7) is 5.71. The van der Waals surface area contributed by atoms with Gasteiger partial charge in [0.05, 0.1) is 25.8 Å². The van der Waals surface area contributed by atoms with E-state index in [1.165, 1.54) is 11.9 Å². The fourth-order valence-electron chi connectivity index (χ4n) is 2.98. The Bertz CT molecular complexity index is 816. The van der Waals surface area contributed by atoms with Crippen molar-refractivity contribution in [2.24, 2.45) is 0 Å². The van der Waals surface area contributed by atoms with Gasteiger partial charge in [-0.1, -0.05) is 22.9 Å². The zero-order valence-electron chi connectivity index (χ0n) is 14.1. The van der Waals surface area contributed by atoms with Gasteiger partial charge in [0.15, 0.2) is 5.82 Å². The predicted octanol–water partition coefficient (Wildman–Crippen LogP) is 1.54. The normalized spacial score (nSPS) is 18.5. The Balaban J connectivity index is 1.38. The lowest BCUT2D eigenvalue weighted by Gasteiger charge is -2.31. The number of benzene rings is 1. The van der Waals surface area contributed by atoms with E-state index in [4.69, 9.17) is 9.26 Å². The molecule has 8 nitrogen and oxygen atoms in total. The second kappa shape index (κ2) is 7.12. The first kappa shape index (κ1) is 15.9. The summed E-state index contributed by atoms with van der Waals surface area (Å²) >= 11 is 0. The largest absolute Gasteiger partial charge is 0.374 e. The van der Waals surface area contributed by atoms with Gasteiger partial charge in [-0.3, -0.25) is 9.58 Å². The minimum atomic E-state index is 0.0820. The van der Waals surface area contributed by atoms with E-state index in [2.05, 4.69) is 25.1 Å². The second-order valence-electron chi connectivity index (χ2n) is 6.23. The van der Waals surface area contributed by atoms with Gasteiger partial charge >= 0.3 is 0 Å². The number of hydrogen-bond acceptors (Lipinski definition) is 7. The average Bonchev–Trinajstić information content (AvgIpc) is 3.27. The van der Waals surface area contributed by atoms with E-state index in [0.29, 0.717) is 31.4 Å². The summed E-state index contributed by atoms with van der Waals surface area (Å²) in [5.74, 6) is 1.25. The van der Waals surface area contributed by atoms with Crippen LogP contribution in [0.15, 0.2) is 41.4 Å². The monoisotopic (exact) mass is 340 g/mol. The molecule has 1 aliphatic heterocycles. The summed E-state index contributed by atoms with van der Waals surface area (Å²) in [6, 6.07) is 8.06. The van der Waals surface area contributed by atoms with E-state index in [-0.39, 0.29) is 6.10 Å². The molecule has 4 rings (SSSR count). The molecular weight excluding hydrogens is 320 g/mol. The predicted molar refractivity (Wildman–Crippen MR) is 89.5 cm³/mol. The SMILES string of the molecule is Cc1cccc(-c2nc(CN3CCO[C@H](Cn4cncn4)C3)no2)c1. The first-order chi connectivity index (χ1) is 12.3. The Morgan fingerprint density at radius 2 is 2.28 bits per heavy atom. The summed E-state index contributed by atoms with van der Waals surface area (Å²) in [7, 11) is 0. The maximum absolute atomic E-state index is 5.81. The van der Waals surface area contributed by atoms with Crippen LogP contribution in [0.3, 0.4) is 0 Å². The quantitative estimate of drug-likeness (QED) is 0.697. The zero-order valence-corrected chi connectivity index (χ0v) is 14.1. The molecule has 0 saturated carbocycles. The van der Waals surface area contributed by atoms with Gasteiger partial charge < -0.3 is 9.26 Å². The molecule has 1 fully saturated rings. The highest BCUT2D eigenvalue weighted by atomic mass is 16.5. The molecule has 0 bridgehead atoms. The molecule has 0 unspecified atom stereocenters. The molecule has 0 amide bonds. The summed E-state index contributed by atoms with van der Waals surface area (Å²) < 4.78 is 13.0. The van der Waals surface area contributed by atoms with Crippen molar-refractivity contribution in [3.63, 3.8) is 0 Å². The minimum absolute atomic E-state index is 0.0820. The molecule has 3 heterocycles. The van der Waals surface area contributed by atoms with E-state index in [9.17, 15) is 0 Å². The smallest absolute Gasteiger partial charge is 0.257 e. The number of nitrogens with zero attached hydrogens (tertiary/aromatic N) is 6. The second-order valence-corrected chi connectivity index (χ2v) is 6.23. The maximum Gasteiger partial charge on any atom is 0.257 e. The number of aryl methyl sites for hydroxylation is 1. The Kier molecular flexibility index (Phi) is 4.53. The molecule has 0 N–H and O–H groups in total. The van der Waals surface area contributed by atoms with Crippen LogP contribution < -0.4 is 0 Å². The van der Waals surface area contributed by atoms with E-state index < -0.39 is 0 Å². The number of rotatable bonds is 5. The Morgan fingerprint density at radius 1 is 1.32 bits per heavy atom. The van der Waals surface area contributed by atoms with Gasteiger partial charge in [0.25, 0.3) is 5.89 Å². The number of aromatic nitrogens is 5. The number of ether oxygens (including phenoxy) is 1. The number of hydrogen-bond donors (Lipinski definition) is 0. The molecule has 1 saturated heterocycles.